The average Bonchev–Trinajstić information content (AvgIpc) is 2.20. The van der Waals surface area contributed by atoms with Crippen molar-refractivity contribution >= 4 is 11.7 Å². The molecule has 0 aliphatic rings. The largest absolute Gasteiger partial charge is 0.480 e. The van der Waals surface area contributed by atoms with Crippen LogP contribution in [-0.2, 0) is 4.79 Å². The van der Waals surface area contributed by atoms with E-state index < -0.39 is 11.5 Å². The summed E-state index contributed by atoms with van der Waals surface area (Å²) >= 11 is 0. The molecule has 0 fully saturated rings. The first kappa shape index (κ1) is 13.6. The van der Waals surface area contributed by atoms with Gasteiger partial charge in [-0.1, -0.05) is 26.0 Å². The first-order valence-corrected chi connectivity index (χ1v) is 5.86. The fourth-order valence-corrected chi connectivity index (χ4v) is 1.52. The summed E-state index contributed by atoms with van der Waals surface area (Å²) in [5.41, 5.74) is 2.20. The number of aryl methyl sites for hydroxylation is 1. The molecule has 0 amide bonds. The first-order chi connectivity index (χ1) is 7.74. The minimum Gasteiger partial charge on any atom is -0.480 e. The predicted molar refractivity (Wildman–Crippen MR) is 70.6 cm³/mol. The molecule has 3 nitrogen and oxygen atoms in total. The Labute approximate surface area is 103 Å². The van der Waals surface area contributed by atoms with Gasteiger partial charge in [-0.2, -0.15) is 0 Å². The van der Waals surface area contributed by atoms with Crippen LogP contribution in [0.2, 0.25) is 0 Å². The molecule has 0 unspecified atom stereocenters. The molecule has 0 aliphatic heterocycles. The molecule has 0 bridgehead atoms. The Kier molecular flexibility index (Phi) is 3.81. The van der Waals surface area contributed by atoms with Crippen molar-refractivity contribution in [2.75, 3.05) is 5.32 Å². The summed E-state index contributed by atoms with van der Waals surface area (Å²) in [5, 5.41) is 12.2. The molecule has 0 saturated heterocycles. The molecule has 0 saturated carbocycles. The maximum Gasteiger partial charge on any atom is 0.328 e. The van der Waals surface area contributed by atoms with Crippen molar-refractivity contribution in [3.8, 4) is 0 Å². The molecule has 94 valence electrons. The zero-order valence-corrected chi connectivity index (χ0v) is 11.2. The van der Waals surface area contributed by atoms with E-state index in [4.69, 9.17) is 5.11 Å². The van der Waals surface area contributed by atoms with Gasteiger partial charge in [0.15, 0.2) is 0 Å². The van der Waals surface area contributed by atoms with Crippen LogP contribution in [0, 0.1) is 6.92 Å². The van der Waals surface area contributed by atoms with Crippen molar-refractivity contribution in [3.05, 3.63) is 29.3 Å². The van der Waals surface area contributed by atoms with Gasteiger partial charge in [0.05, 0.1) is 0 Å². The van der Waals surface area contributed by atoms with E-state index in [0.29, 0.717) is 5.92 Å². The van der Waals surface area contributed by atoms with Gasteiger partial charge in [-0.3, -0.25) is 0 Å². The van der Waals surface area contributed by atoms with E-state index >= 15 is 0 Å². The number of rotatable bonds is 4. The minimum atomic E-state index is -0.958. The van der Waals surface area contributed by atoms with Crippen molar-refractivity contribution in [1.82, 2.24) is 0 Å². The zero-order valence-electron chi connectivity index (χ0n) is 11.2. The third-order valence-corrected chi connectivity index (χ3v) is 2.91. The summed E-state index contributed by atoms with van der Waals surface area (Å²) in [6.45, 7) is 9.55. The van der Waals surface area contributed by atoms with Crippen molar-refractivity contribution in [1.29, 1.82) is 0 Å². The molecule has 3 heteroatoms. The number of anilines is 1. The van der Waals surface area contributed by atoms with Gasteiger partial charge < -0.3 is 10.4 Å². The third kappa shape index (κ3) is 3.22. The molecular formula is C14H21NO2. The molecule has 0 heterocycles. The standard InChI is InChI=1S/C14H21NO2/c1-9(2)11-7-6-10(3)12(8-11)15-14(4,5)13(16)17/h6-9,15H,1-5H3,(H,16,17). The van der Waals surface area contributed by atoms with Crippen molar-refractivity contribution in [2.24, 2.45) is 0 Å². The van der Waals surface area contributed by atoms with E-state index in [1.165, 1.54) is 5.56 Å². The van der Waals surface area contributed by atoms with Crippen molar-refractivity contribution in [3.63, 3.8) is 0 Å². The van der Waals surface area contributed by atoms with Crippen LogP contribution in [0.5, 0.6) is 0 Å². The number of aliphatic carboxylic acids is 1. The van der Waals surface area contributed by atoms with E-state index in [-0.39, 0.29) is 0 Å². The Morgan fingerprint density at radius 2 is 1.94 bits per heavy atom. The van der Waals surface area contributed by atoms with E-state index in [9.17, 15) is 4.79 Å². The van der Waals surface area contributed by atoms with E-state index in [2.05, 4.69) is 25.2 Å². The van der Waals surface area contributed by atoms with E-state index in [1.54, 1.807) is 13.8 Å². The molecule has 1 aromatic rings. The topological polar surface area (TPSA) is 49.3 Å². The van der Waals surface area contributed by atoms with Crippen LogP contribution in [0.25, 0.3) is 0 Å². The highest BCUT2D eigenvalue weighted by Gasteiger charge is 2.27. The lowest BCUT2D eigenvalue weighted by Gasteiger charge is -2.24. The van der Waals surface area contributed by atoms with Crippen LogP contribution >= 0.6 is 0 Å². The van der Waals surface area contributed by atoms with Gasteiger partial charge in [-0.05, 0) is 43.9 Å². The molecular weight excluding hydrogens is 214 g/mol. The smallest absolute Gasteiger partial charge is 0.328 e. The Balaban J connectivity index is 3.05. The van der Waals surface area contributed by atoms with E-state index in [0.717, 1.165) is 11.3 Å². The van der Waals surface area contributed by atoms with Gasteiger partial charge in [0.25, 0.3) is 0 Å². The summed E-state index contributed by atoms with van der Waals surface area (Å²) in [4.78, 5) is 11.1. The van der Waals surface area contributed by atoms with Crippen LogP contribution in [0.1, 0.15) is 44.7 Å². The summed E-state index contributed by atoms with van der Waals surface area (Å²) < 4.78 is 0. The summed E-state index contributed by atoms with van der Waals surface area (Å²) in [6.07, 6.45) is 0. The third-order valence-electron chi connectivity index (χ3n) is 2.91. The Bertz CT molecular complexity index is 422. The minimum absolute atomic E-state index is 0.434. The predicted octanol–water partition coefficient (Wildman–Crippen LogP) is 3.39. The van der Waals surface area contributed by atoms with Crippen LogP contribution in [0.15, 0.2) is 18.2 Å². The lowest BCUT2D eigenvalue weighted by Crippen LogP contribution is -2.40. The first-order valence-electron chi connectivity index (χ1n) is 5.86. The quantitative estimate of drug-likeness (QED) is 0.841. The highest BCUT2D eigenvalue weighted by atomic mass is 16.4. The van der Waals surface area contributed by atoms with Crippen LogP contribution in [0.3, 0.4) is 0 Å². The lowest BCUT2D eigenvalue weighted by molar-refractivity contribution is -0.141. The fraction of sp³-hybridized carbons (Fsp3) is 0.500. The van der Waals surface area contributed by atoms with Gasteiger partial charge in [-0.15, -0.1) is 0 Å². The maximum absolute atomic E-state index is 11.1. The van der Waals surface area contributed by atoms with Crippen LogP contribution in [0.4, 0.5) is 5.69 Å². The molecule has 1 rings (SSSR count). The average molecular weight is 235 g/mol. The SMILES string of the molecule is Cc1ccc(C(C)C)cc1NC(C)(C)C(=O)O. The number of benzene rings is 1. The molecule has 1 aromatic carbocycles. The lowest BCUT2D eigenvalue weighted by atomic mass is 9.98. The molecule has 0 spiro atoms. The number of carbonyl (C=O) groups is 1. The van der Waals surface area contributed by atoms with Crippen molar-refractivity contribution < 1.29 is 9.90 Å². The molecule has 17 heavy (non-hydrogen) atoms. The summed E-state index contributed by atoms with van der Waals surface area (Å²) in [5.74, 6) is -0.420. The van der Waals surface area contributed by atoms with Gasteiger partial charge in [0.2, 0.25) is 0 Å². The highest BCUT2D eigenvalue weighted by Crippen LogP contribution is 2.25. The highest BCUT2D eigenvalue weighted by molar-refractivity contribution is 5.82. The Morgan fingerprint density at radius 3 is 2.41 bits per heavy atom. The number of carboxylic acids is 1. The van der Waals surface area contributed by atoms with Gasteiger partial charge in [-0.25, -0.2) is 4.79 Å². The molecule has 0 atom stereocenters. The summed E-state index contributed by atoms with van der Waals surface area (Å²) in [6, 6.07) is 6.14. The monoisotopic (exact) mass is 235 g/mol. The Hall–Kier alpha value is -1.51. The number of nitrogens with one attached hydrogen (secondary N) is 1. The van der Waals surface area contributed by atoms with Crippen LogP contribution in [-0.4, -0.2) is 16.6 Å². The summed E-state index contributed by atoms with van der Waals surface area (Å²) in [7, 11) is 0. The number of hydrogen-bond donors (Lipinski definition) is 2. The second kappa shape index (κ2) is 4.78. The van der Waals surface area contributed by atoms with Gasteiger partial charge in [0, 0.05) is 5.69 Å². The maximum atomic E-state index is 11.1. The van der Waals surface area contributed by atoms with Gasteiger partial charge in [0.1, 0.15) is 5.54 Å². The normalized spacial score (nSPS) is 11.6. The second-order valence-corrected chi connectivity index (χ2v) is 5.28. The molecule has 0 aliphatic carbocycles. The van der Waals surface area contributed by atoms with Gasteiger partial charge >= 0.3 is 5.97 Å². The molecule has 2 N–H and O–H groups in total. The molecule has 0 aromatic heterocycles. The number of carboxylic acid groups (broad SMARTS) is 1. The van der Waals surface area contributed by atoms with E-state index in [1.807, 2.05) is 19.1 Å². The second-order valence-electron chi connectivity index (χ2n) is 5.28. The number of hydrogen-bond acceptors (Lipinski definition) is 2. The molecule has 0 radical (unpaired) electrons. The Morgan fingerprint density at radius 1 is 1.35 bits per heavy atom. The van der Waals surface area contributed by atoms with Crippen LogP contribution < -0.4 is 5.32 Å². The fourth-order valence-electron chi connectivity index (χ4n) is 1.52. The zero-order chi connectivity index (χ0) is 13.2. The van der Waals surface area contributed by atoms with Crippen molar-refractivity contribution in [2.45, 2.75) is 46.1 Å².